The van der Waals surface area contributed by atoms with Crippen LogP contribution in [-0.2, 0) is 4.79 Å². The zero-order valence-electron chi connectivity index (χ0n) is 17.8. The highest BCUT2D eigenvalue weighted by Crippen LogP contribution is 2.45. The van der Waals surface area contributed by atoms with Crippen molar-refractivity contribution in [1.82, 2.24) is 9.78 Å². The van der Waals surface area contributed by atoms with E-state index in [1.54, 1.807) is 26.0 Å². The Hall–Kier alpha value is -3.48. The highest BCUT2D eigenvalue weighted by Gasteiger charge is 2.32. The summed E-state index contributed by atoms with van der Waals surface area (Å²) < 4.78 is 18.2. The first-order chi connectivity index (χ1) is 14.5. The zero-order chi connectivity index (χ0) is 21.4. The van der Waals surface area contributed by atoms with Crippen LogP contribution in [0.25, 0.3) is 5.69 Å². The summed E-state index contributed by atoms with van der Waals surface area (Å²) >= 11 is 0. The average Bonchev–Trinajstić information content (AvgIpc) is 3.17. The maximum Gasteiger partial charge on any atom is 0.226 e. The van der Waals surface area contributed by atoms with Gasteiger partial charge in [-0.2, -0.15) is 5.10 Å². The third kappa shape index (κ3) is 3.16. The first-order valence-corrected chi connectivity index (χ1v) is 9.72. The lowest BCUT2D eigenvalue weighted by Gasteiger charge is -2.25. The predicted molar refractivity (Wildman–Crippen MR) is 114 cm³/mol. The van der Waals surface area contributed by atoms with E-state index < -0.39 is 0 Å². The van der Waals surface area contributed by atoms with Gasteiger partial charge in [-0.25, -0.2) is 4.68 Å². The highest BCUT2D eigenvalue weighted by atomic mass is 16.5. The van der Waals surface area contributed by atoms with Gasteiger partial charge in [0.05, 0.1) is 33.2 Å². The second kappa shape index (κ2) is 7.74. The summed E-state index contributed by atoms with van der Waals surface area (Å²) in [5.41, 5.74) is 5.08. The zero-order valence-corrected chi connectivity index (χ0v) is 17.8. The number of benzene rings is 2. The van der Waals surface area contributed by atoms with Gasteiger partial charge in [0.25, 0.3) is 0 Å². The maximum atomic E-state index is 12.6. The fraction of sp³-hybridized carbons (Fsp3) is 0.304. The Morgan fingerprint density at radius 1 is 1.07 bits per heavy atom. The van der Waals surface area contributed by atoms with Crippen molar-refractivity contribution in [3.05, 3.63) is 58.8 Å². The van der Waals surface area contributed by atoms with Gasteiger partial charge in [0.15, 0.2) is 11.5 Å². The molecule has 0 aliphatic carbocycles. The summed E-state index contributed by atoms with van der Waals surface area (Å²) in [6.45, 7) is 4.12. The Morgan fingerprint density at radius 3 is 2.40 bits per heavy atom. The topological polar surface area (TPSA) is 74.6 Å². The van der Waals surface area contributed by atoms with E-state index >= 15 is 0 Å². The molecule has 1 amide bonds. The standard InChI is InChI=1S/C23H25N3O4/c1-13-7-6-8-18(14(13)2)26-23-17(12-24-26)16(11-21(27)25-23)15-9-19(28-3)22(30-5)20(10-15)29-4/h6-10,12,16H,11H2,1-5H3,(H,25,27). The molecule has 0 saturated heterocycles. The van der Waals surface area contributed by atoms with Crippen LogP contribution < -0.4 is 19.5 Å². The van der Waals surface area contributed by atoms with E-state index in [-0.39, 0.29) is 11.8 Å². The van der Waals surface area contributed by atoms with E-state index in [1.165, 1.54) is 5.56 Å². The molecule has 2 heterocycles. The van der Waals surface area contributed by atoms with Crippen molar-refractivity contribution in [3.8, 4) is 22.9 Å². The molecular weight excluding hydrogens is 382 g/mol. The number of anilines is 1. The van der Waals surface area contributed by atoms with Gasteiger partial charge < -0.3 is 19.5 Å². The number of nitrogens with one attached hydrogen (secondary N) is 1. The van der Waals surface area contributed by atoms with Gasteiger partial charge in [0, 0.05) is 17.9 Å². The van der Waals surface area contributed by atoms with Crippen molar-refractivity contribution in [2.45, 2.75) is 26.2 Å². The molecule has 0 bridgehead atoms. The van der Waals surface area contributed by atoms with Crippen LogP contribution in [-0.4, -0.2) is 37.0 Å². The van der Waals surface area contributed by atoms with E-state index in [4.69, 9.17) is 14.2 Å². The quantitative estimate of drug-likeness (QED) is 0.692. The molecule has 0 spiro atoms. The summed E-state index contributed by atoms with van der Waals surface area (Å²) in [6, 6.07) is 9.84. The molecule has 0 saturated carbocycles. The van der Waals surface area contributed by atoms with E-state index in [9.17, 15) is 4.79 Å². The summed E-state index contributed by atoms with van der Waals surface area (Å²) in [6.07, 6.45) is 2.13. The van der Waals surface area contributed by atoms with Gasteiger partial charge in [-0.3, -0.25) is 4.79 Å². The Morgan fingerprint density at radius 2 is 1.77 bits per heavy atom. The molecule has 1 unspecified atom stereocenters. The minimum atomic E-state index is -0.179. The summed E-state index contributed by atoms with van der Waals surface area (Å²) in [4.78, 5) is 12.6. The lowest BCUT2D eigenvalue weighted by atomic mass is 9.87. The third-order valence-corrected chi connectivity index (χ3v) is 5.71. The van der Waals surface area contributed by atoms with Gasteiger partial charge >= 0.3 is 0 Å². The van der Waals surface area contributed by atoms with Crippen LogP contribution in [0.15, 0.2) is 36.5 Å². The number of aryl methyl sites for hydroxylation is 1. The third-order valence-electron chi connectivity index (χ3n) is 5.71. The predicted octanol–water partition coefficient (Wildman–Crippen LogP) is 3.99. The number of nitrogens with zero attached hydrogens (tertiary/aromatic N) is 2. The molecule has 7 heteroatoms. The van der Waals surface area contributed by atoms with E-state index in [0.717, 1.165) is 22.4 Å². The SMILES string of the molecule is COc1cc(C2CC(=O)Nc3c2cnn3-c2cccc(C)c2C)cc(OC)c1OC. The molecular formula is C23H25N3O4. The second-order valence-corrected chi connectivity index (χ2v) is 7.34. The number of carbonyl (C=O) groups is 1. The van der Waals surface area contributed by atoms with Crippen molar-refractivity contribution in [2.24, 2.45) is 0 Å². The minimum absolute atomic E-state index is 0.0618. The lowest BCUT2D eigenvalue weighted by molar-refractivity contribution is -0.116. The smallest absolute Gasteiger partial charge is 0.226 e. The van der Waals surface area contributed by atoms with Gasteiger partial charge in [-0.1, -0.05) is 12.1 Å². The Bertz CT molecular complexity index is 1090. The summed E-state index contributed by atoms with van der Waals surface area (Å²) in [5, 5.41) is 7.62. The fourth-order valence-electron chi connectivity index (χ4n) is 3.97. The number of hydrogen-bond donors (Lipinski definition) is 1. The second-order valence-electron chi connectivity index (χ2n) is 7.34. The average molecular weight is 407 g/mol. The Labute approximate surface area is 175 Å². The number of methoxy groups -OCH3 is 3. The number of rotatable bonds is 5. The Kier molecular flexibility index (Phi) is 5.11. The van der Waals surface area contributed by atoms with Crippen LogP contribution in [0.3, 0.4) is 0 Å². The summed E-state index contributed by atoms with van der Waals surface area (Å²) in [5.74, 6) is 2.09. The molecule has 7 nitrogen and oxygen atoms in total. The number of aromatic nitrogens is 2. The van der Waals surface area contributed by atoms with Crippen molar-refractivity contribution >= 4 is 11.7 Å². The first-order valence-electron chi connectivity index (χ1n) is 9.72. The molecule has 1 aliphatic rings. The lowest BCUT2D eigenvalue weighted by Crippen LogP contribution is -2.24. The van der Waals surface area contributed by atoms with Gasteiger partial charge in [-0.15, -0.1) is 0 Å². The number of hydrogen-bond acceptors (Lipinski definition) is 5. The Balaban J connectivity index is 1.86. The van der Waals surface area contributed by atoms with E-state index in [1.807, 2.05) is 30.5 Å². The van der Waals surface area contributed by atoms with Gasteiger partial charge in [0.2, 0.25) is 11.7 Å². The van der Waals surface area contributed by atoms with Crippen LogP contribution in [0.1, 0.15) is 34.6 Å². The monoisotopic (exact) mass is 407 g/mol. The van der Waals surface area contributed by atoms with Crippen LogP contribution in [0.2, 0.25) is 0 Å². The molecule has 3 aromatic rings. The van der Waals surface area contributed by atoms with E-state index in [2.05, 4.69) is 30.3 Å². The molecule has 30 heavy (non-hydrogen) atoms. The molecule has 0 radical (unpaired) electrons. The number of amides is 1. The van der Waals surface area contributed by atoms with Crippen LogP contribution in [0.4, 0.5) is 5.82 Å². The van der Waals surface area contributed by atoms with Crippen molar-refractivity contribution in [1.29, 1.82) is 0 Å². The number of carbonyl (C=O) groups excluding carboxylic acids is 1. The molecule has 1 N–H and O–H groups in total. The molecule has 1 aromatic heterocycles. The maximum absolute atomic E-state index is 12.6. The molecule has 1 atom stereocenters. The fourth-order valence-corrected chi connectivity index (χ4v) is 3.97. The molecule has 2 aromatic carbocycles. The summed E-state index contributed by atoms with van der Waals surface area (Å²) in [7, 11) is 4.73. The van der Waals surface area contributed by atoms with Crippen LogP contribution >= 0.6 is 0 Å². The van der Waals surface area contributed by atoms with Crippen molar-refractivity contribution < 1.29 is 19.0 Å². The largest absolute Gasteiger partial charge is 0.493 e. The van der Waals surface area contributed by atoms with Crippen LogP contribution in [0.5, 0.6) is 17.2 Å². The molecule has 1 aliphatic heterocycles. The van der Waals surface area contributed by atoms with Crippen LogP contribution in [0, 0.1) is 13.8 Å². The van der Waals surface area contributed by atoms with Gasteiger partial charge in [0.1, 0.15) is 5.82 Å². The highest BCUT2D eigenvalue weighted by molar-refractivity contribution is 5.94. The van der Waals surface area contributed by atoms with Gasteiger partial charge in [-0.05, 0) is 48.7 Å². The van der Waals surface area contributed by atoms with E-state index in [0.29, 0.717) is 29.5 Å². The van der Waals surface area contributed by atoms with Crippen molar-refractivity contribution in [3.63, 3.8) is 0 Å². The molecule has 4 rings (SSSR count). The first kappa shape index (κ1) is 19.8. The number of ether oxygens (including phenoxy) is 3. The minimum Gasteiger partial charge on any atom is -0.493 e. The molecule has 0 fully saturated rings. The number of fused-ring (bicyclic) bond motifs is 1. The van der Waals surface area contributed by atoms with Crippen molar-refractivity contribution in [2.75, 3.05) is 26.6 Å². The normalized spacial score (nSPS) is 15.4. The molecule has 156 valence electrons.